The molecular weight excluding hydrogens is 243 g/mol. The monoisotopic (exact) mass is 254 g/mol. The maximum Gasteiger partial charge on any atom is 1.00 e. The Bertz CT molecular complexity index is 499. The largest absolute Gasteiger partial charge is 1.00 e. The van der Waals surface area contributed by atoms with Gasteiger partial charge in [0, 0.05) is 18.0 Å². The topological polar surface area (TPSA) is 79.0 Å². The van der Waals surface area contributed by atoms with E-state index in [4.69, 9.17) is 4.52 Å². The summed E-state index contributed by atoms with van der Waals surface area (Å²) in [6.07, 6.45) is 0.898. The zero-order chi connectivity index (χ0) is 12.1. The molecule has 0 radical (unpaired) electrons. The van der Waals surface area contributed by atoms with Crippen LogP contribution in [0.1, 0.15) is 18.7 Å². The van der Waals surface area contributed by atoms with Crippen LogP contribution in [0, 0.1) is 0 Å². The molecule has 0 spiro atoms. The molecule has 0 aliphatic heterocycles. The molecule has 1 aromatic heterocycles. The zero-order valence-electron chi connectivity index (χ0n) is 10.1. The molecule has 88 valence electrons. The second-order valence-electron chi connectivity index (χ2n) is 3.60. The Morgan fingerprint density at radius 3 is 2.67 bits per heavy atom. The molecule has 0 unspecified atom stereocenters. The number of hydrogen-bond donors (Lipinski definition) is 0. The van der Waals surface area contributed by atoms with Crippen molar-refractivity contribution in [3.8, 4) is 11.4 Å². The van der Waals surface area contributed by atoms with E-state index in [1.807, 2.05) is 30.3 Å². The molecule has 0 saturated carbocycles. The molecule has 6 heteroatoms. The van der Waals surface area contributed by atoms with Crippen LogP contribution in [0.4, 0.5) is 0 Å². The van der Waals surface area contributed by atoms with E-state index in [1.54, 1.807) is 0 Å². The summed E-state index contributed by atoms with van der Waals surface area (Å²) in [5, 5.41) is 14.1. The van der Waals surface area contributed by atoms with Gasteiger partial charge in [0.2, 0.25) is 11.7 Å². The number of aromatic nitrogens is 2. The summed E-state index contributed by atoms with van der Waals surface area (Å²) < 4.78 is 5.03. The van der Waals surface area contributed by atoms with Gasteiger partial charge in [-0.3, -0.25) is 0 Å². The SMILES string of the molecule is O=C([O-])CCCc1nc(-c2ccccc2)no1.[Na+]. The first-order valence-electron chi connectivity index (χ1n) is 5.33. The molecule has 0 aliphatic rings. The number of hydrogen-bond acceptors (Lipinski definition) is 5. The van der Waals surface area contributed by atoms with Crippen LogP contribution in [-0.4, -0.2) is 16.1 Å². The normalized spacial score (nSPS) is 9.78. The Morgan fingerprint density at radius 2 is 2.00 bits per heavy atom. The Morgan fingerprint density at radius 1 is 1.28 bits per heavy atom. The van der Waals surface area contributed by atoms with Gasteiger partial charge < -0.3 is 14.4 Å². The van der Waals surface area contributed by atoms with Crippen LogP contribution in [0.2, 0.25) is 0 Å². The molecule has 2 aromatic rings. The van der Waals surface area contributed by atoms with Crippen molar-refractivity contribution in [3.05, 3.63) is 36.2 Å². The maximum atomic E-state index is 10.2. The second-order valence-corrected chi connectivity index (χ2v) is 3.60. The molecule has 5 nitrogen and oxygen atoms in total. The third kappa shape index (κ3) is 4.25. The predicted octanol–water partition coefficient (Wildman–Crippen LogP) is -2.19. The van der Waals surface area contributed by atoms with Gasteiger partial charge in [0.15, 0.2) is 0 Å². The fourth-order valence-corrected chi connectivity index (χ4v) is 1.44. The Hall–Kier alpha value is -1.17. The van der Waals surface area contributed by atoms with Gasteiger partial charge >= 0.3 is 29.6 Å². The van der Waals surface area contributed by atoms with Crippen LogP contribution >= 0.6 is 0 Å². The Kier molecular flexibility index (Phi) is 6.04. The number of aryl methyl sites for hydroxylation is 1. The molecule has 2 rings (SSSR count). The van der Waals surface area contributed by atoms with Crippen molar-refractivity contribution in [2.45, 2.75) is 19.3 Å². The van der Waals surface area contributed by atoms with Crippen molar-refractivity contribution in [1.82, 2.24) is 10.1 Å². The van der Waals surface area contributed by atoms with Crippen molar-refractivity contribution < 1.29 is 44.0 Å². The van der Waals surface area contributed by atoms with E-state index in [0.717, 1.165) is 5.56 Å². The molecule has 1 heterocycles. The number of aliphatic carboxylic acids is 1. The molecular formula is C12H11N2NaO3. The van der Waals surface area contributed by atoms with Crippen molar-refractivity contribution in [1.29, 1.82) is 0 Å². The van der Waals surface area contributed by atoms with Gasteiger partial charge in [-0.05, 0) is 12.8 Å². The first-order valence-corrected chi connectivity index (χ1v) is 5.33. The van der Waals surface area contributed by atoms with E-state index < -0.39 is 5.97 Å². The molecule has 0 amide bonds. The van der Waals surface area contributed by atoms with Gasteiger partial charge in [-0.1, -0.05) is 35.5 Å². The minimum atomic E-state index is -1.06. The van der Waals surface area contributed by atoms with Gasteiger partial charge in [-0.2, -0.15) is 4.98 Å². The van der Waals surface area contributed by atoms with Gasteiger partial charge in [-0.15, -0.1) is 0 Å². The molecule has 1 aromatic carbocycles. The Balaban J connectivity index is 0.00000162. The number of rotatable bonds is 5. The number of carbonyl (C=O) groups excluding carboxylic acids is 1. The first kappa shape index (κ1) is 14.9. The molecule has 18 heavy (non-hydrogen) atoms. The minimum Gasteiger partial charge on any atom is -0.550 e. The van der Waals surface area contributed by atoms with E-state index in [-0.39, 0.29) is 36.0 Å². The van der Waals surface area contributed by atoms with Gasteiger partial charge in [0.25, 0.3) is 0 Å². The van der Waals surface area contributed by atoms with Crippen LogP contribution in [-0.2, 0) is 11.2 Å². The summed E-state index contributed by atoms with van der Waals surface area (Å²) in [7, 11) is 0. The number of carbonyl (C=O) groups is 1. The third-order valence-electron chi connectivity index (χ3n) is 2.27. The molecule has 0 saturated heterocycles. The maximum absolute atomic E-state index is 10.2. The zero-order valence-corrected chi connectivity index (χ0v) is 12.1. The quantitative estimate of drug-likeness (QED) is 0.566. The van der Waals surface area contributed by atoms with Crippen molar-refractivity contribution >= 4 is 5.97 Å². The first-order chi connectivity index (χ1) is 8.25. The van der Waals surface area contributed by atoms with Crippen LogP contribution in [0.3, 0.4) is 0 Å². The van der Waals surface area contributed by atoms with Crippen LogP contribution in [0.15, 0.2) is 34.9 Å². The van der Waals surface area contributed by atoms with E-state index in [1.165, 1.54) is 0 Å². The molecule has 0 N–H and O–H groups in total. The minimum absolute atomic E-state index is 0. The summed E-state index contributed by atoms with van der Waals surface area (Å²) in [5.41, 5.74) is 0.877. The molecule has 0 bridgehead atoms. The number of nitrogens with zero attached hydrogens (tertiary/aromatic N) is 2. The second kappa shape index (κ2) is 7.31. The standard InChI is InChI=1S/C12H12N2O3.Na/c15-11(16)8-4-7-10-13-12(14-17-10)9-5-2-1-3-6-9;/h1-3,5-6H,4,7-8H2,(H,15,16);/q;+1/p-1. The predicted molar refractivity (Wildman–Crippen MR) is 57.7 cm³/mol. The molecule has 0 atom stereocenters. The van der Waals surface area contributed by atoms with Crippen LogP contribution in [0.25, 0.3) is 11.4 Å². The van der Waals surface area contributed by atoms with E-state index in [9.17, 15) is 9.90 Å². The van der Waals surface area contributed by atoms with Gasteiger partial charge in [0.05, 0.1) is 0 Å². The fraction of sp³-hybridized carbons (Fsp3) is 0.250. The summed E-state index contributed by atoms with van der Waals surface area (Å²) in [6, 6.07) is 9.46. The fourth-order valence-electron chi connectivity index (χ4n) is 1.44. The van der Waals surface area contributed by atoms with Crippen molar-refractivity contribution in [3.63, 3.8) is 0 Å². The van der Waals surface area contributed by atoms with E-state index >= 15 is 0 Å². The van der Waals surface area contributed by atoms with E-state index in [2.05, 4.69) is 10.1 Å². The van der Waals surface area contributed by atoms with Crippen molar-refractivity contribution in [2.75, 3.05) is 0 Å². The number of benzene rings is 1. The van der Waals surface area contributed by atoms with Crippen LogP contribution < -0.4 is 34.7 Å². The summed E-state index contributed by atoms with van der Waals surface area (Å²) in [5.74, 6) is -0.0908. The molecule has 0 fully saturated rings. The number of carboxylic acids is 1. The molecule has 0 aliphatic carbocycles. The third-order valence-corrected chi connectivity index (χ3v) is 2.27. The smallest absolute Gasteiger partial charge is 0.550 e. The Labute approximate surface area is 127 Å². The average molecular weight is 254 g/mol. The van der Waals surface area contributed by atoms with Gasteiger partial charge in [-0.25, -0.2) is 0 Å². The summed E-state index contributed by atoms with van der Waals surface area (Å²) >= 11 is 0. The van der Waals surface area contributed by atoms with Crippen molar-refractivity contribution in [2.24, 2.45) is 0 Å². The van der Waals surface area contributed by atoms with E-state index in [0.29, 0.717) is 24.6 Å². The van der Waals surface area contributed by atoms with Gasteiger partial charge in [0.1, 0.15) is 0 Å². The van der Waals surface area contributed by atoms with Crippen LogP contribution in [0.5, 0.6) is 0 Å². The average Bonchev–Trinajstić information content (AvgIpc) is 2.78. The summed E-state index contributed by atoms with van der Waals surface area (Å²) in [4.78, 5) is 14.4. The summed E-state index contributed by atoms with van der Waals surface area (Å²) in [6.45, 7) is 0. The number of carboxylic acid groups (broad SMARTS) is 1.